The molecule has 0 atom stereocenters. The fraction of sp³-hybridized carbons (Fsp3) is 0.0714. The minimum atomic E-state index is -0.491. The molecule has 0 amide bonds. The lowest BCUT2D eigenvalue weighted by Crippen LogP contribution is -1.94. The van der Waals surface area contributed by atoms with E-state index in [1.165, 1.54) is 12.1 Å². The Labute approximate surface area is 114 Å². The number of aromatic nitrogens is 1. The van der Waals surface area contributed by atoms with Crippen LogP contribution >= 0.6 is 0 Å². The van der Waals surface area contributed by atoms with Crippen LogP contribution in [0.5, 0.6) is 0 Å². The molecule has 20 heavy (non-hydrogen) atoms. The highest BCUT2D eigenvalue weighted by molar-refractivity contribution is 5.80. The molecule has 0 saturated carbocycles. The lowest BCUT2D eigenvalue weighted by atomic mass is 10.1. The fourth-order valence-electron chi connectivity index (χ4n) is 2.01. The predicted molar refractivity (Wildman–Crippen MR) is 75.2 cm³/mol. The van der Waals surface area contributed by atoms with E-state index in [-0.39, 0.29) is 11.4 Å². The Kier molecular flexibility index (Phi) is 2.64. The van der Waals surface area contributed by atoms with Crippen LogP contribution in [0.1, 0.15) is 5.56 Å². The van der Waals surface area contributed by atoms with Crippen molar-refractivity contribution in [3.63, 3.8) is 0 Å². The minimum absolute atomic E-state index is 0.0572. The largest absolute Gasteiger partial charge is 0.436 e. The third kappa shape index (κ3) is 1.97. The Morgan fingerprint density at radius 3 is 2.75 bits per heavy atom. The molecule has 0 aliphatic carbocycles. The van der Waals surface area contributed by atoms with E-state index in [0.717, 1.165) is 11.1 Å². The summed E-state index contributed by atoms with van der Waals surface area (Å²) in [6.07, 6.45) is 0. The zero-order valence-electron chi connectivity index (χ0n) is 10.7. The molecule has 0 fully saturated rings. The topological polar surface area (TPSA) is 95.2 Å². The van der Waals surface area contributed by atoms with Gasteiger partial charge in [0.15, 0.2) is 5.58 Å². The Hall–Kier alpha value is -2.89. The molecule has 0 aliphatic rings. The fourth-order valence-corrected chi connectivity index (χ4v) is 2.01. The number of nitrogens with zero attached hydrogens (tertiary/aromatic N) is 2. The molecule has 3 aromatic rings. The first-order chi connectivity index (χ1) is 9.54. The highest BCUT2D eigenvalue weighted by Crippen LogP contribution is 2.31. The van der Waals surface area contributed by atoms with Crippen molar-refractivity contribution < 1.29 is 9.34 Å². The quantitative estimate of drug-likeness (QED) is 0.437. The maximum atomic E-state index is 10.7. The third-order valence-electron chi connectivity index (χ3n) is 3.02. The summed E-state index contributed by atoms with van der Waals surface area (Å²) in [5, 5.41) is 10.7. The third-order valence-corrected chi connectivity index (χ3v) is 3.02. The van der Waals surface area contributed by atoms with E-state index in [2.05, 4.69) is 4.98 Å². The number of non-ortho nitro benzene ring substituents is 1. The van der Waals surface area contributed by atoms with Gasteiger partial charge in [0.05, 0.1) is 16.2 Å². The van der Waals surface area contributed by atoms with Crippen LogP contribution in [0.2, 0.25) is 0 Å². The van der Waals surface area contributed by atoms with E-state index in [4.69, 9.17) is 10.2 Å². The van der Waals surface area contributed by atoms with Gasteiger partial charge in [-0.15, -0.1) is 0 Å². The van der Waals surface area contributed by atoms with Crippen LogP contribution in [0.4, 0.5) is 11.4 Å². The van der Waals surface area contributed by atoms with Crippen molar-refractivity contribution in [1.82, 2.24) is 4.98 Å². The zero-order chi connectivity index (χ0) is 14.3. The molecule has 2 N–H and O–H groups in total. The van der Waals surface area contributed by atoms with Gasteiger partial charge in [0, 0.05) is 12.1 Å². The van der Waals surface area contributed by atoms with Gasteiger partial charge in [0.25, 0.3) is 5.69 Å². The maximum absolute atomic E-state index is 10.7. The van der Waals surface area contributed by atoms with E-state index < -0.39 is 4.92 Å². The minimum Gasteiger partial charge on any atom is -0.436 e. The summed E-state index contributed by atoms with van der Waals surface area (Å²) >= 11 is 0. The Bertz CT molecular complexity index is 824. The number of anilines is 1. The summed E-state index contributed by atoms with van der Waals surface area (Å²) in [7, 11) is 0. The molecule has 0 aliphatic heterocycles. The van der Waals surface area contributed by atoms with Gasteiger partial charge in [-0.05, 0) is 30.7 Å². The SMILES string of the molecule is Cc1ccc2nc(-c3ccc([N+](=O)[O-])cc3N)oc2c1. The second-order valence-electron chi connectivity index (χ2n) is 4.52. The first-order valence-corrected chi connectivity index (χ1v) is 5.96. The number of aryl methyl sites for hydroxylation is 1. The summed E-state index contributed by atoms with van der Waals surface area (Å²) < 4.78 is 5.66. The van der Waals surface area contributed by atoms with Crippen LogP contribution in [0.25, 0.3) is 22.6 Å². The number of rotatable bonds is 2. The number of nitro benzene ring substituents is 1. The van der Waals surface area contributed by atoms with Crippen LogP contribution in [0, 0.1) is 17.0 Å². The second-order valence-corrected chi connectivity index (χ2v) is 4.52. The van der Waals surface area contributed by atoms with Crippen molar-refractivity contribution >= 4 is 22.5 Å². The van der Waals surface area contributed by atoms with Gasteiger partial charge >= 0.3 is 0 Å². The highest BCUT2D eigenvalue weighted by atomic mass is 16.6. The molecule has 6 nitrogen and oxygen atoms in total. The number of nitro groups is 1. The first-order valence-electron chi connectivity index (χ1n) is 5.96. The molecule has 0 saturated heterocycles. The molecular weight excluding hydrogens is 258 g/mol. The summed E-state index contributed by atoms with van der Waals surface area (Å²) in [4.78, 5) is 14.5. The number of hydrogen-bond donors (Lipinski definition) is 1. The van der Waals surface area contributed by atoms with Crippen molar-refractivity contribution in [1.29, 1.82) is 0 Å². The molecule has 3 rings (SSSR count). The van der Waals surface area contributed by atoms with Gasteiger partial charge in [-0.25, -0.2) is 4.98 Å². The summed E-state index contributed by atoms with van der Waals surface area (Å²) in [6, 6.07) is 9.91. The van der Waals surface area contributed by atoms with Gasteiger partial charge in [-0.1, -0.05) is 6.07 Å². The average Bonchev–Trinajstić information content (AvgIpc) is 2.80. The number of benzene rings is 2. The molecule has 0 bridgehead atoms. The number of oxazole rings is 1. The van der Waals surface area contributed by atoms with Gasteiger partial charge in [-0.3, -0.25) is 10.1 Å². The van der Waals surface area contributed by atoms with E-state index in [1.807, 2.05) is 25.1 Å². The summed E-state index contributed by atoms with van der Waals surface area (Å²) in [6.45, 7) is 1.96. The molecule has 2 aromatic carbocycles. The van der Waals surface area contributed by atoms with Gasteiger partial charge in [0.2, 0.25) is 5.89 Å². The number of nitrogens with two attached hydrogens (primary N) is 1. The molecule has 1 aromatic heterocycles. The van der Waals surface area contributed by atoms with Crippen LogP contribution in [-0.4, -0.2) is 9.91 Å². The molecule has 1 heterocycles. The van der Waals surface area contributed by atoms with Crippen molar-refractivity contribution in [3.8, 4) is 11.5 Å². The van der Waals surface area contributed by atoms with Crippen LogP contribution in [0.3, 0.4) is 0 Å². The standard InChI is InChI=1S/C14H11N3O3/c1-8-2-5-12-13(6-8)20-14(16-12)10-4-3-9(17(18)19)7-11(10)15/h2-7H,15H2,1H3. The summed E-state index contributed by atoms with van der Waals surface area (Å²) in [5.41, 5.74) is 9.05. The van der Waals surface area contributed by atoms with Gasteiger partial charge in [0.1, 0.15) is 5.52 Å². The zero-order valence-corrected chi connectivity index (χ0v) is 10.7. The van der Waals surface area contributed by atoms with Gasteiger partial charge in [-0.2, -0.15) is 0 Å². The van der Waals surface area contributed by atoms with Gasteiger partial charge < -0.3 is 10.2 Å². The van der Waals surface area contributed by atoms with Crippen LogP contribution < -0.4 is 5.73 Å². The number of fused-ring (bicyclic) bond motifs is 1. The van der Waals surface area contributed by atoms with Crippen molar-refractivity contribution in [2.24, 2.45) is 0 Å². The van der Waals surface area contributed by atoms with Crippen LogP contribution in [-0.2, 0) is 0 Å². The monoisotopic (exact) mass is 269 g/mol. The molecule has 0 spiro atoms. The Morgan fingerprint density at radius 1 is 1.25 bits per heavy atom. The summed E-state index contributed by atoms with van der Waals surface area (Å²) in [5.74, 6) is 0.359. The molecular formula is C14H11N3O3. The Morgan fingerprint density at radius 2 is 2.05 bits per heavy atom. The second kappa shape index (κ2) is 4.34. The predicted octanol–water partition coefficient (Wildman–Crippen LogP) is 3.29. The lowest BCUT2D eigenvalue weighted by Gasteiger charge is -2.00. The van der Waals surface area contributed by atoms with Crippen molar-refractivity contribution in [2.45, 2.75) is 6.92 Å². The first kappa shape index (κ1) is 12.2. The van der Waals surface area contributed by atoms with Crippen molar-refractivity contribution in [3.05, 3.63) is 52.1 Å². The smallest absolute Gasteiger partial charge is 0.271 e. The number of nitrogen functional groups attached to an aromatic ring is 1. The van der Waals surface area contributed by atoms with Crippen molar-refractivity contribution in [2.75, 3.05) is 5.73 Å². The van der Waals surface area contributed by atoms with E-state index in [1.54, 1.807) is 6.07 Å². The molecule has 0 radical (unpaired) electrons. The molecule has 0 unspecified atom stereocenters. The van der Waals surface area contributed by atoms with E-state index in [9.17, 15) is 10.1 Å². The number of hydrogen-bond acceptors (Lipinski definition) is 5. The van der Waals surface area contributed by atoms with Crippen LogP contribution in [0.15, 0.2) is 40.8 Å². The maximum Gasteiger partial charge on any atom is 0.271 e. The normalized spacial score (nSPS) is 10.8. The average molecular weight is 269 g/mol. The Balaban J connectivity index is 2.13. The molecule has 100 valence electrons. The molecule has 6 heteroatoms. The highest BCUT2D eigenvalue weighted by Gasteiger charge is 2.14. The lowest BCUT2D eigenvalue weighted by molar-refractivity contribution is -0.384. The van der Waals surface area contributed by atoms with E-state index in [0.29, 0.717) is 17.0 Å². The van der Waals surface area contributed by atoms with E-state index >= 15 is 0 Å².